The van der Waals surface area contributed by atoms with Crippen molar-refractivity contribution < 1.29 is 14.4 Å². The smallest absolute Gasteiger partial charge is 0.254 e. The zero-order valence-electron chi connectivity index (χ0n) is 14.4. The summed E-state index contributed by atoms with van der Waals surface area (Å²) in [6.07, 6.45) is 0. The summed E-state index contributed by atoms with van der Waals surface area (Å²) < 4.78 is 5.29. The Morgan fingerprint density at radius 2 is 1.88 bits per heavy atom. The van der Waals surface area contributed by atoms with E-state index in [1.807, 2.05) is 48.2 Å². The summed E-state index contributed by atoms with van der Waals surface area (Å²) in [7, 11) is 1.70. The third-order valence-corrected chi connectivity index (χ3v) is 4.72. The van der Waals surface area contributed by atoms with Crippen molar-refractivity contribution in [3.63, 3.8) is 0 Å². The Morgan fingerprint density at radius 1 is 1.12 bits per heavy atom. The first-order valence-corrected chi connectivity index (χ1v) is 8.49. The number of amides is 1. The molecule has 24 heavy (non-hydrogen) atoms. The lowest BCUT2D eigenvalue weighted by molar-refractivity contribution is -0.917. The predicted molar refractivity (Wildman–Crippen MR) is 94.5 cm³/mol. The van der Waals surface area contributed by atoms with Gasteiger partial charge in [0, 0.05) is 11.1 Å². The molecule has 0 aliphatic carbocycles. The SMILES string of the molecule is COc1cccc(C[NH+]2CCN(C(=O)c3ccccc3C)CC2)c1. The van der Waals surface area contributed by atoms with Gasteiger partial charge in [-0.3, -0.25) is 4.79 Å². The number of carbonyl (C=O) groups is 1. The van der Waals surface area contributed by atoms with Crippen molar-refractivity contribution in [1.82, 2.24) is 4.90 Å². The molecule has 2 aromatic rings. The van der Waals surface area contributed by atoms with Crippen LogP contribution in [0.2, 0.25) is 0 Å². The van der Waals surface area contributed by atoms with Gasteiger partial charge in [-0.25, -0.2) is 0 Å². The highest BCUT2D eigenvalue weighted by Gasteiger charge is 2.25. The van der Waals surface area contributed by atoms with Gasteiger partial charge in [-0.15, -0.1) is 0 Å². The van der Waals surface area contributed by atoms with Gasteiger partial charge in [-0.05, 0) is 30.7 Å². The minimum absolute atomic E-state index is 0.161. The van der Waals surface area contributed by atoms with Crippen LogP contribution in [-0.4, -0.2) is 44.1 Å². The van der Waals surface area contributed by atoms with E-state index in [4.69, 9.17) is 4.74 Å². The molecule has 0 spiro atoms. The van der Waals surface area contributed by atoms with Crippen LogP contribution in [0, 0.1) is 6.92 Å². The second-order valence-corrected chi connectivity index (χ2v) is 6.39. The third kappa shape index (κ3) is 3.77. The van der Waals surface area contributed by atoms with Crippen molar-refractivity contribution in [3.8, 4) is 5.75 Å². The average molecular weight is 325 g/mol. The van der Waals surface area contributed by atoms with Gasteiger partial charge in [-0.1, -0.05) is 30.3 Å². The highest BCUT2D eigenvalue weighted by atomic mass is 16.5. The fourth-order valence-electron chi connectivity index (χ4n) is 3.26. The Bertz CT molecular complexity index is 706. The van der Waals surface area contributed by atoms with Crippen LogP contribution >= 0.6 is 0 Å². The van der Waals surface area contributed by atoms with Crippen LogP contribution in [0.25, 0.3) is 0 Å². The summed E-state index contributed by atoms with van der Waals surface area (Å²) in [5.74, 6) is 1.06. The molecule has 0 saturated carbocycles. The molecule has 2 aromatic carbocycles. The highest BCUT2D eigenvalue weighted by Crippen LogP contribution is 2.12. The quantitative estimate of drug-likeness (QED) is 0.925. The fraction of sp³-hybridized carbons (Fsp3) is 0.350. The number of aryl methyl sites for hydroxylation is 1. The van der Waals surface area contributed by atoms with E-state index in [0.29, 0.717) is 0 Å². The first-order chi connectivity index (χ1) is 11.7. The Labute approximate surface area is 143 Å². The summed E-state index contributed by atoms with van der Waals surface area (Å²) in [6, 6.07) is 16.1. The largest absolute Gasteiger partial charge is 0.497 e. The van der Waals surface area contributed by atoms with E-state index >= 15 is 0 Å². The Balaban J connectivity index is 1.57. The number of ether oxygens (including phenoxy) is 1. The molecule has 4 heteroatoms. The highest BCUT2D eigenvalue weighted by molar-refractivity contribution is 5.95. The van der Waals surface area contributed by atoms with Crippen LogP contribution in [-0.2, 0) is 6.54 Å². The number of rotatable bonds is 4. The van der Waals surface area contributed by atoms with E-state index in [2.05, 4.69) is 12.1 Å². The molecular formula is C20H25N2O2+. The van der Waals surface area contributed by atoms with Gasteiger partial charge in [-0.2, -0.15) is 0 Å². The maximum absolute atomic E-state index is 12.7. The maximum Gasteiger partial charge on any atom is 0.254 e. The van der Waals surface area contributed by atoms with Crippen LogP contribution in [0.15, 0.2) is 48.5 Å². The van der Waals surface area contributed by atoms with Crippen molar-refractivity contribution in [1.29, 1.82) is 0 Å². The van der Waals surface area contributed by atoms with Crippen LogP contribution in [0.3, 0.4) is 0 Å². The molecule has 1 N–H and O–H groups in total. The van der Waals surface area contributed by atoms with Gasteiger partial charge in [0.25, 0.3) is 5.91 Å². The Morgan fingerprint density at radius 3 is 2.58 bits per heavy atom. The molecule has 126 valence electrons. The van der Waals surface area contributed by atoms with E-state index in [0.717, 1.165) is 49.6 Å². The van der Waals surface area contributed by atoms with E-state index < -0.39 is 0 Å². The molecule has 1 fully saturated rings. The predicted octanol–water partition coefficient (Wildman–Crippen LogP) is 1.54. The van der Waals surface area contributed by atoms with Gasteiger partial charge in [0.15, 0.2) is 0 Å². The number of piperazine rings is 1. The molecule has 0 radical (unpaired) electrons. The van der Waals surface area contributed by atoms with Crippen molar-refractivity contribution in [2.75, 3.05) is 33.3 Å². The standard InChI is InChI=1S/C20H24N2O2/c1-16-6-3-4-9-19(16)20(23)22-12-10-21(11-13-22)15-17-7-5-8-18(14-17)24-2/h3-9,14H,10-13,15H2,1-2H3/p+1. The molecule has 1 heterocycles. The lowest BCUT2D eigenvalue weighted by Crippen LogP contribution is -3.13. The molecule has 1 amide bonds. The average Bonchev–Trinajstić information content (AvgIpc) is 2.62. The van der Waals surface area contributed by atoms with Crippen molar-refractivity contribution in [2.45, 2.75) is 13.5 Å². The summed E-state index contributed by atoms with van der Waals surface area (Å²) >= 11 is 0. The first-order valence-electron chi connectivity index (χ1n) is 8.49. The third-order valence-electron chi connectivity index (χ3n) is 4.72. The van der Waals surface area contributed by atoms with Gasteiger partial charge < -0.3 is 14.5 Å². The van der Waals surface area contributed by atoms with Crippen molar-refractivity contribution >= 4 is 5.91 Å². The monoisotopic (exact) mass is 325 g/mol. The van der Waals surface area contributed by atoms with Crippen molar-refractivity contribution in [2.24, 2.45) is 0 Å². The molecule has 0 atom stereocenters. The number of nitrogens with zero attached hydrogens (tertiary/aromatic N) is 1. The molecular weight excluding hydrogens is 300 g/mol. The van der Waals surface area contributed by atoms with Crippen LogP contribution in [0.1, 0.15) is 21.5 Å². The lowest BCUT2D eigenvalue weighted by Gasteiger charge is -2.32. The number of methoxy groups -OCH3 is 1. The van der Waals surface area contributed by atoms with Gasteiger partial charge in [0.05, 0.1) is 33.3 Å². The lowest BCUT2D eigenvalue weighted by atomic mass is 10.1. The summed E-state index contributed by atoms with van der Waals surface area (Å²) in [6.45, 7) is 6.56. The number of benzene rings is 2. The van der Waals surface area contributed by atoms with Crippen LogP contribution < -0.4 is 9.64 Å². The van der Waals surface area contributed by atoms with E-state index in [1.165, 1.54) is 10.5 Å². The second kappa shape index (κ2) is 7.49. The Kier molecular flexibility index (Phi) is 5.16. The fourth-order valence-corrected chi connectivity index (χ4v) is 3.26. The molecule has 0 unspecified atom stereocenters. The summed E-state index contributed by atoms with van der Waals surface area (Å²) in [5, 5.41) is 0. The molecule has 0 aromatic heterocycles. The normalized spacial score (nSPS) is 15.3. The van der Waals surface area contributed by atoms with E-state index in [9.17, 15) is 4.79 Å². The number of quaternary nitrogens is 1. The number of nitrogens with one attached hydrogen (secondary N) is 1. The number of hydrogen-bond acceptors (Lipinski definition) is 2. The summed E-state index contributed by atoms with van der Waals surface area (Å²) in [4.78, 5) is 16.2. The number of hydrogen-bond donors (Lipinski definition) is 1. The Hall–Kier alpha value is -2.33. The summed E-state index contributed by atoms with van der Waals surface area (Å²) in [5.41, 5.74) is 3.16. The maximum atomic E-state index is 12.7. The van der Waals surface area contributed by atoms with Gasteiger partial charge >= 0.3 is 0 Å². The molecule has 1 aliphatic heterocycles. The topological polar surface area (TPSA) is 34.0 Å². The molecule has 1 saturated heterocycles. The van der Waals surface area contributed by atoms with Crippen LogP contribution in [0.4, 0.5) is 0 Å². The molecule has 0 bridgehead atoms. The van der Waals surface area contributed by atoms with Crippen molar-refractivity contribution in [3.05, 3.63) is 65.2 Å². The minimum Gasteiger partial charge on any atom is -0.497 e. The van der Waals surface area contributed by atoms with E-state index in [1.54, 1.807) is 7.11 Å². The zero-order chi connectivity index (χ0) is 16.9. The zero-order valence-corrected chi connectivity index (χ0v) is 14.4. The van der Waals surface area contributed by atoms with Gasteiger partial charge in [0.1, 0.15) is 12.3 Å². The van der Waals surface area contributed by atoms with Gasteiger partial charge in [0.2, 0.25) is 0 Å². The van der Waals surface area contributed by atoms with E-state index in [-0.39, 0.29) is 5.91 Å². The first kappa shape index (κ1) is 16.5. The number of carbonyl (C=O) groups excluding carboxylic acids is 1. The second-order valence-electron chi connectivity index (χ2n) is 6.39. The molecule has 4 nitrogen and oxygen atoms in total. The van der Waals surface area contributed by atoms with Crippen LogP contribution in [0.5, 0.6) is 5.75 Å². The minimum atomic E-state index is 0.161. The molecule has 1 aliphatic rings. The molecule has 3 rings (SSSR count).